The molecule has 0 aliphatic heterocycles. The maximum atomic E-state index is 6.31. The summed E-state index contributed by atoms with van der Waals surface area (Å²) < 4.78 is 11.1. The van der Waals surface area contributed by atoms with E-state index in [1.165, 1.54) is 32.7 Å². The number of rotatable bonds is 6. The maximum absolute atomic E-state index is 6.31. The fourth-order valence-corrected chi connectivity index (χ4v) is 9.80. The lowest BCUT2D eigenvalue weighted by Gasteiger charge is -2.16. The Hall–Kier alpha value is -8.47. The second kappa shape index (κ2) is 14.1. The highest BCUT2D eigenvalue weighted by Crippen LogP contribution is 2.43. The van der Waals surface area contributed by atoms with Gasteiger partial charge in [0.15, 0.2) is 0 Å². The Morgan fingerprint density at radius 1 is 0.302 bits per heavy atom. The average Bonchev–Trinajstić information content (AvgIpc) is 4.02. The van der Waals surface area contributed by atoms with E-state index in [0.29, 0.717) is 0 Å². The van der Waals surface area contributed by atoms with E-state index in [-0.39, 0.29) is 0 Å². The van der Waals surface area contributed by atoms with Crippen LogP contribution in [0.25, 0.3) is 122 Å². The minimum atomic E-state index is 0.842. The third kappa shape index (κ3) is 5.66. The second-order valence-electron chi connectivity index (χ2n) is 16.3. The average molecular weight is 804 g/mol. The SMILES string of the molecule is c1ccc(-c2cc(-c3ccccc3)cc(-c3cc(-c4ccc5oc6ccccc6c5c4)nc(-n4c5ccccc5c5ccc6c7ccccc7n(-c7ccccc7)c6c54)c3)c2)cc1. The summed E-state index contributed by atoms with van der Waals surface area (Å²) in [5.74, 6) is 0.842. The molecule has 13 aromatic rings. The largest absolute Gasteiger partial charge is 0.456 e. The number of benzene rings is 9. The normalized spacial score (nSPS) is 11.8. The van der Waals surface area contributed by atoms with Gasteiger partial charge in [-0.1, -0.05) is 146 Å². The van der Waals surface area contributed by atoms with Crippen LogP contribution in [0.5, 0.6) is 0 Å². The van der Waals surface area contributed by atoms with E-state index in [1.54, 1.807) is 0 Å². The lowest BCUT2D eigenvalue weighted by molar-refractivity contribution is 0.669. The van der Waals surface area contributed by atoms with E-state index in [0.717, 1.165) is 89.0 Å². The van der Waals surface area contributed by atoms with Crippen molar-refractivity contribution in [2.45, 2.75) is 0 Å². The van der Waals surface area contributed by atoms with Gasteiger partial charge in [0.25, 0.3) is 0 Å². The second-order valence-corrected chi connectivity index (χ2v) is 16.3. The Balaban J connectivity index is 1.15. The predicted molar refractivity (Wildman–Crippen MR) is 262 cm³/mol. The number of nitrogens with zero attached hydrogens (tertiary/aromatic N) is 3. The molecular weight excluding hydrogens is 767 g/mol. The van der Waals surface area contributed by atoms with E-state index in [4.69, 9.17) is 9.40 Å². The van der Waals surface area contributed by atoms with Gasteiger partial charge in [-0.3, -0.25) is 4.57 Å². The molecule has 63 heavy (non-hydrogen) atoms. The summed E-state index contributed by atoms with van der Waals surface area (Å²) in [5, 5.41) is 6.92. The molecule has 13 rings (SSSR count). The zero-order valence-electron chi connectivity index (χ0n) is 34.1. The van der Waals surface area contributed by atoms with Gasteiger partial charge < -0.3 is 8.98 Å². The molecule has 0 aliphatic carbocycles. The molecule has 0 bridgehead atoms. The highest BCUT2D eigenvalue weighted by Gasteiger charge is 2.23. The van der Waals surface area contributed by atoms with Gasteiger partial charge in [0.1, 0.15) is 17.0 Å². The third-order valence-corrected chi connectivity index (χ3v) is 12.7. The van der Waals surface area contributed by atoms with Crippen molar-refractivity contribution >= 4 is 65.6 Å². The first kappa shape index (κ1) is 35.3. The first-order valence-electron chi connectivity index (χ1n) is 21.4. The van der Waals surface area contributed by atoms with Crippen LogP contribution in [0.1, 0.15) is 0 Å². The number of para-hydroxylation sites is 4. The van der Waals surface area contributed by atoms with Crippen LogP contribution >= 0.6 is 0 Å². The van der Waals surface area contributed by atoms with Gasteiger partial charge in [0.05, 0.1) is 27.8 Å². The van der Waals surface area contributed by atoms with Crippen molar-refractivity contribution < 1.29 is 4.42 Å². The number of aromatic nitrogens is 3. The molecule has 0 fully saturated rings. The Kier molecular flexibility index (Phi) is 7.87. The first-order valence-corrected chi connectivity index (χ1v) is 21.4. The molecule has 294 valence electrons. The summed E-state index contributed by atoms with van der Waals surface area (Å²) in [7, 11) is 0. The smallest absolute Gasteiger partial charge is 0.138 e. The van der Waals surface area contributed by atoms with Gasteiger partial charge in [0, 0.05) is 43.6 Å². The van der Waals surface area contributed by atoms with Gasteiger partial charge in [-0.2, -0.15) is 0 Å². The summed E-state index contributed by atoms with van der Waals surface area (Å²) in [6.45, 7) is 0. The molecule has 0 amide bonds. The molecule has 0 saturated carbocycles. The molecule has 0 atom stereocenters. The summed E-state index contributed by atoms with van der Waals surface area (Å²) in [6.07, 6.45) is 0. The Morgan fingerprint density at radius 3 is 1.44 bits per heavy atom. The van der Waals surface area contributed by atoms with Crippen molar-refractivity contribution in [3.63, 3.8) is 0 Å². The van der Waals surface area contributed by atoms with Gasteiger partial charge in [0.2, 0.25) is 0 Å². The van der Waals surface area contributed by atoms with E-state index >= 15 is 0 Å². The fraction of sp³-hybridized carbons (Fsp3) is 0. The highest BCUT2D eigenvalue weighted by atomic mass is 16.3. The molecule has 0 N–H and O–H groups in total. The predicted octanol–water partition coefficient (Wildman–Crippen LogP) is 15.8. The van der Waals surface area contributed by atoms with E-state index < -0.39 is 0 Å². The van der Waals surface area contributed by atoms with Crippen LogP contribution < -0.4 is 0 Å². The van der Waals surface area contributed by atoms with Crippen LogP contribution in [0.4, 0.5) is 0 Å². The van der Waals surface area contributed by atoms with Crippen LogP contribution in [0.2, 0.25) is 0 Å². The molecule has 4 nitrogen and oxygen atoms in total. The Labute approximate surface area is 363 Å². The molecule has 0 spiro atoms. The fourth-order valence-electron chi connectivity index (χ4n) is 9.80. The van der Waals surface area contributed by atoms with E-state index in [9.17, 15) is 0 Å². The zero-order chi connectivity index (χ0) is 41.4. The minimum Gasteiger partial charge on any atom is -0.456 e. The highest BCUT2D eigenvalue weighted by molar-refractivity contribution is 6.23. The quantitative estimate of drug-likeness (QED) is 0.168. The topological polar surface area (TPSA) is 35.9 Å². The van der Waals surface area contributed by atoms with Crippen molar-refractivity contribution in [2.24, 2.45) is 0 Å². The lowest BCUT2D eigenvalue weighted by Crippen LogP contribution is -2.02. The number of furan rings is 1. The third-order valence-electron chi connectivity index (χ3n) is 12.7. The van der Waals surface area contributed by atoms with E-state index in [2.05, 4.69) is 221 Å². The van der Waals surface area contributed by atoms with Crippen LogP contribution in [0, 0.1) is 0 Å². The van der Waals surface area contributed by atoms with Crippen molar-refractivity contribution in [1.29, 1.82) is 0 Å². The summed E-state index contributed by atoms with van der Waals surface area (Å²) >= 11 is 0. The van der Waals surface area contributed by atoms with Crippen molar-refractivity contribution in [1.82, 2.24) is 14.1 Å². The van der Waals surface area contributed by atoms with Crippen molar-refractivity contribution in [3.05, 3.63) is 224 Å². The summed E-state index contributed by atoms with van der Waals surface area (Å²) in [4.78, 5) is 5.69. The number of hydrogen-bond acceptors (Lipinski definition) is 2. The summed E-state index contributed by atoms with van der Waals surface area (Å²) in [5.41, 5.74) is 16.1. The lowest BCUT2D eigenvalue weighted by atomic mass is 9.93. The van der Waals surface area contributed by atoms with Gasteiger partial charge in [-0.05, 0) is 112 Å². The van der Waals surface area contributed by atoms with E-state index in [1.807, 2.05) is 12.1 Å². The standard InChI is InChI=1S/C59H37N3O/c1-4-16-38(17-5-1)41-32-42(39-18-6-2-7-19-39)34-43(33-41)44-36-52(40-28-31-56-51(35-40)48-24-12-15-27-55(48)63-56)60-57(37-44)62-54-26-14-11-23-47(54)50-30-29-49-46-22-10-13-25-53(46)61(58(49)59(50)62)45-20-8-3-9-21-45/h1-37H. The monoisotopic (exact) mass is 803 g/mol. The minimum absolute atomic E-state index is 0.842. The van der Waals surface area contributed by atoms with Gasteiger partial charge in [-0.15, -0.1) is 0 Å². The molecular formula is C59H37N3O. The summed E-state index contributed by atoms with van der Waals surface area (Å²) in [6, 6.07) is 80.5. The van der Waals surface area contributed by atoms with Gasteiger partial charge in [-0.25, -0.2) is 4.98 Å². The van der Waals surface area contributed by atoms with Gasteiger partial charge >= 0.3 is 0 Å². The molecule has 0 saturated heterocycles. The number of hydrogen-bond donors (Lipinski definition) is 0. The molecule has 4 heterocycles. The van der Waals surface area contributed by atoms with Crippen molar-refractivity contribution in [2.75, 3.05) is 0 Å². The zero-order valence-corrected chi connectivity index (χ0v) is 34.1. The molecule has 4 aromatic heterocycles. The maximum Gasteiger partial charge on any atom is 0.138 e. The Morgan fingerprint density at radius 2 is 0.794 bits per heavy atom. The van der Waals surface area contributed by atoms with Crippen LogP contribution in [0.15, 0.2) is 229 Å². The molecule has 0 radical (unpaired) electrons. The first-order chi connectivity index (χ1) is 31.2. The van der Waals surface area contributed by atoms with Crippen LogP contribution in [-0.2, 0) is 0 Å². The number of fused-ring (bicyclic) bond motifs is 10. The number of pyridine rings is 1. The molecule has 0 unspecified atom stereocenters. The van der Waals surface area contributed by atoms with Crippen molar-refractivity contribution in [3.8, 4) is 56.1 Å². The molecule has 9 aromatic carbocycles. The Bertz CT molecular complexity index is 3840. The molecule has 4 heteroatoms. The van der Waals surface area contributed by atoms with Crippen LogP contribution in [-0.4, -0.2) is 14.1 Å². The van der Waals surface area contributed by atoms with Crippen LogP contribution in [0.3, 0.4) is 0 Å². The molecule has 0 aliphatic rings.